The van der Waals surface area contributed by atoms with Crippen molar-refractivity contribution in [1.29, 1.82) is 0 Å². The van der Waals surface area contributed by atoms with Crippen LogP contribution in [0.4, 0.5) is 0 Å². The summed E-state index contributed by atoms with van der Waals surface area (Å²) in [5, 5.41) is 15.2. The molecule has 0 amide bonds. The third-order valence-corrected chi connectivity index (χ3v) is 3.46. The third-order valence-electron chi connectivity index (χ3n) is 2.53. The van der Waals surface area contributed by atoms with Crippen molar-refractivity contribution in [2.24, 2.45) is 0 Å². The molecule has 8 heteroatoms. The van der Waals surface area contributed by atoms with E-state index in [4.69, 9.17) is 9.84 Å². The summed E-state index contributed by atoms with van der Waals surface area (Å²) < 4.78 is 6.80. The summed E-state index contributed by atoms with van der Waals surface area (Å²) in [7, 11) is 0. The average Bonchev–Trinajstić information content (AvgIpc) is 2.84. The van der Waals surface area contributed by atoms with E-state index in [1.54, 1.807) is 24.3 Å². The van der Waals surface area contributed by atoms with Crippen LogP contribution >= 0.6 is 11.8 Å². The van der Waals surface area contributed by atoms with E-state index in [-0.39, 0.29) is 5.75 Å². The van der Waals surface area contributed by atoms with E-state index in [9.17, 15) is 9.59 Å². The second-order valence-electron chi connectivity index (χ2n) is 4.17. The molecule has 2 aromatic rings. The second kappa shape index (κ2) is 6.98. The highest BCUT2D eigenvalue weighted by Gasteiger charge is 2.12. The van der Waals surface area contributed by atoms with Crippen molar-refractivity contribution in [3.05, 3.63) is 34.7 Å². The first-order valence-electron chi connectivity index (χ1n) is 6.37. The van der Waals surface area contributed by atoms with Gasteiger partial charge >= 0.3 is 11.7 Å². The Kier molecular flexibility index (Phi) is 5.04. The topological polar surface area (TPSA) is 97.2 Å². The maximum absolute atomic E-state index is 11.8. The number of nitrogens with zero attached hydrogens (tertiary/aromatic N) is 2. The lowest BCUT2D eigenvalue weighted by Crippen LogP contribution is -2.15. The van der Waals surface area contributed by atoms with E-state index in [1.807, 2.05) is 6.92 Å². The van der Waals surface area contributed by atoms with Gasteiger partial charge in [-0.25, -0.2) is 14.5 Å². The number of carboxylic acid groups (broad SMARTS) is 1. The Morgan fingerprint density at radius 3 is 2.76 bits per heavy atom. The molecule has 0 aliphatic rings. The van der Waals surface area contributed by atoms with Crippen LogP contribution in [0.15, 0.2) is 34.2 Å². The first-order valence-corrected chi connectivity index (χ1v) is 7.35. The van der Waals surface area contributed by atoms with E-state index in [0.717, 1.165) is 23.9 Å². The van der Waals surface area contributed by atoms with E-state index in [0.29, 0.717) is 17.5 Å². The maximum atomic E-state index is 11.8. The number of nitrogens with one attached hydrogen (secondary N) is 1. The Balaban J connectivity index is 2.22. The molecule has 0 aliphatic carbocycles. The molecule has 0 saturated heterocycles. The molecule has 21 heavy (non-hydrogen) atoms. The maximum Gasteiger partial charge on any atom is 0.348 e. The van der Waals surface area contributed by atoms with Gasteiger partial charge in [-0.2, -0.15) is 0 Å². The Morgan fingerprint density at radius 1 is 1.43 bits per heavy atom. The molecule has 2 N–H and O–H groups in total. The number of aromatic nitrogens is 3. The minimum atomic E-state index is -0.967. The molecule has 7 nitrogen and oxygen atoms in total. The van der Waals surface area contributed by atoms with Crippen LogP contribution in [-0.4, -0.2) is 38.2 Å². The summed E-state index contributed by atoms with van der Waals surface area (Å²) in [6, 6.07) is 6.98. The zero-order valence-corrected chi connectivity index (χ0v) is 12.2. The van der Waals surface area contributed by atoms with Crippen LogP contribution in [0, 0.1) is 0 Å². The summed E-state index contributed by atoms with van der Waals surface area (Å²) in [4.78, 5) is 22.4. The number of carboxylic acids is 1. The molecule has 112 valence electrons. The molecule has 1 aromatic carbocycles. The molecule has 0 radical (unpaired) electrons. The van der Waals surface area contributed by atoms with Crippen LogP contribution in [0.2, 0.25) is 0 Å². The fourth-order valence-electron chi connectivity index (χ4n) is 1.64. The van der Waals surface area contributed by atoms with Gasteiger partial charge < -0.3 is 9.84 Å². The van der Waals surface area contributed by atoms with E-state index >= 15 is 0 Å². The number of ether oxygens (including phenoxy) is 1. The first-order chi connectivity index (χ1) is 10.1. The number of aromatic amines is 1. The molecule has 0 aliphatic heterocycles. The van der Waals surface area contributed by atoms with Crippen LogP contribution in [0.5, 0.6) is 5.75 Å². The Labute approximate surface area is 124 Å². The third kappa shape index (κ3) is 3.88. The summed E-state index contributed by atoms with van der Waals surface area (Å²) >= 11 is 0.979. The standard InChI is InChI=1S/C13H15N3O4S/c1-2-7-20-10-5-3-9(4-6-10)16-12(19)14-15-13(16)21-8-11(17)18/h3-6H,2,7-8H2,1H3,(H,14,19)(H,17,18). The number of H-pyrrole nitrogens is 1. The van der Waals surface area contributed by atoms with Crippen molar-refractivity contribution >= 4 is 17.7 Å². The minimum Gasteiger partial charge on any atom is -0.494 e. The van der Waals surface area contributed by atoms with Gasteiger partial charge in [0.1, 0.15) is 5.75 Å². The van der Waals surface area contributed by atoms with Gasteiger partial charge in [-0.1, -0.05) is 18.7 Å². The zero-order valence-electron chi connectivity index (χ0n) is 11.4. The highest BCUT2D eigenvalue weighted by Crippen LogP contribution is 2.19. The predicted octanol–water partition coefficient (Wildman–Crippen LogP) is 1.53. The monoisotopic (exact) mass is 309 g/mol. The molecule has 0 unspecified atom stereocenters. The summed E-state index contributed by atoms with van der Waals surface area (Å²) in [5.41, 5.74) is 0.190. The number of rotatable bonds is 7. The van der Waals surface area contributed by atoms with Gasteiger partial charge in [0.25, 0.3) is 0 Å². The van der Waals surface area contributed by atoms with Gasteiger partial charge in [0, 0.05) is 0 Å². The van der Waals surface area contributed by atoms with Crippen LogP contribution in [0.1, 0.15) is 13.3 Å². The van der Waals surface area contributed by atoms with E-state index < -0.39 is 11.7 Å². The van der Waals surface area contributed by atoms with Gasteiger partial charge in [-0.05, 0) is 30.7 Å². The number of carbonyl (C=O) groups is 1. The van der Waals surface area contributed by atoms with Crippen LogP contribution in [0.3, 0.4) is 0 Å². The number of aliphatic carboxylic acids is 1. The number of hydrogen-bond donors (Lipinski definition) is 2. The Morgan fingerprint density at radius 2 is 2.14 bits per heavy atom. The predicted molar refractivity (Wildman–Crippen MR) is 78.3 cm³/mol. The molecule has 0 atom stereocenters. The number of benzene rings is 1. The number of thioether (sulfide) groups is 1. The molecular weight excluding hydrogens is 294 g/mol. The lowest BCUT2D eigenvalue weighted by Gasteiger charge is -2.07. The fraction of sp³-hybridized carbons (Fsp3) is 0.308. The second-order valence-corrected chi connectivity index (χ2v) is 5.11. The Hall–Kier alpha value is -2.22. The van der Waals surface area contributed by atoms with Gasteiger partial charge in [-0.15, -0.1) is 5.10 Å². The van der Waals surface area contributed by atoms with Crippen LogP contribution < -0.4 is 10.4 Å². The van der Waals surface area contributed by atoms with E-state index in [2.05, 4.69) is 10.2 Å². The largest absolute Gasteiger partial charge is 0.494 e. The van der Waals surface area contributed by atoms with Crippen molar-refractivity contribution in [1.82, 2.24) is 14.8 Å². The molecule has 2 rings (SSSR count). The van der Waals surface area contributed by atoms with Crippen molar-refractivity contribution in [3.63, 3.8) is 0 Å². The Bertz CT molecular complexity index is 663. The highest BCUT2D eigenvalue weighted by atomic mass is 32.2. The van der Waals surface area contributed by atoms with E-state index in [1.165, 1.54) is 4.57 Å². The average molecular weight is 309 g/mol. The van der Waals surface area contributed by atoms with Crippen molar-refractivity contribution in [3.8, 4) is 11.4 Å². The van der Waals surface area contributed by atoms with Gasteiger partial charge in [0.15, 0.2) is 5.16 Å². The molecular formula is C13H15N3O4S. The van der Waals surface area contributed by atoms with Gasteiger partial charge in [-0.3, -0.25) is 4.79 Å². The van der Waals surface area contributed by atoms with Crippen molar-refractivity contribution in [2.45, 2.75) is 18.5 Å². The molecule has 0 saturated carbocycles. The summed E-state index contributed by atoms with van der Waals surface area (Å²) in [5.74, 6) is -0.413. The van der Waals surface area contributed by atoms with Crippen molar-refractivity contribution in [2.75, 3.05) is 12.4 Å². The van der Waals surface area contributed by atoms with Gasteiger partial charge in [0.2, 0.25) is 0 Å². The van der Waals surface area contributed by atoms with Crippen LogP contribution in [0.25, 0.3) is 5.69 Å². The van der Waals surface area contributed by atoms with Gasteiger partial charge in [0.05, 0.1) is 18.0 Å². The highest BCUT2D eigenvalue weighted by molar-refractivity contribution is 7.99. The quantitative estimate of drug-likeness (QED) is 0.753. The molecule has 1 heterocycles. The minimum absolute atomic E-state index is 0.165. The van der Waals surface area contributed by atoms with Crippen molar-refractivity contribution < 1.29 is 14.6 Å². The lowest BCUT2D eigenvalue weighted by atomic mass is 10.3. The zero-order chi connectivity index (χ0) is 15.2. The SMILES string of the molecule is CCCOc1ccc(-n2c(SCC(=O)O)n[nH]c2=O)cc1. The summed E-state index contributed by atoms with van der Waals surface area (Å²) in [6.07, 6.45) is 0.916. The van der Waals surface area contributed by atoms with Crippen LogP contribution in [-0.2, 0) is 4.79 Å². The summed E-state index contributed by atoms with van der Waals surface area (Å²) in [6.45, 7) is 2.65. The number of hydrogen-bond acceptors (Lipinski definition) is 5. The molecule has 0 bridgehead atoms. The molecule has 1 aromatic heterocycles. The molecule has 0 fully saturated rings. The first kappa shape index (κ1) is 15.2. The smallest absolute Gasteiger partial charge is 0.348 e. The fourth-order valence-corrected chi connectivity index (χ4v) is 2.32. The lowest BCUT2D eigenvalue weighted by molar-refractivity contribution is -0.133. The molecule has 0 spiro atoms. The normalized spacial score (nSPS) is 10.5.